The van der Waals surface area contributed by atoms with Gasteiger partial charge in [-0.15, -0.1) is 0 Å². The van der Waals surface area contributed by atoms with E-state index in [2.05, 4.69) is 32.0 Å². The van der Waals surface area contributed by atoms with Gasteiger partial charge >= 0.3 is 0 Å². The van der Waals surface area contributed by atoms with Crippen molar-refractivity contribution < 1.29 is 0 Å². The molecule has 0 aliphatic carbocycles. The average Bonchev–Trinajstić information content (AvgIpc) is 2.38. The molecule has 0 atom stereocenters. The molecule has 1 heterocycles. The fourth-order valence-corrected chi connectivity index (χ4v) is 1.89. The van der Waals surface area contributed by atoms with E-state index in [1.165, 1.54) is 5.56 Å². The van der Waals surface area contributed by atoms with Crippen LogP contribution in [-0.2, 0) is 13.1 Å². The van der Waals surface area contributed by atoms with Crippen molar-refractivity contribution in [3.8, 4) is 0 Å². The highest BCUT2D eigenvalue weighted by molar-refractivity contribution is 5.32. The molecule has 1 aromatic carbocycles. The van der Waals surface area contributed by atoms with Crippen molar-refractivity contribution in [2.45, 2.75) is 13.1 Å². The molecule has 6 nitrogen and oxygen atoms in total. The first-order valence-corrected chi connectivity index (χ1v) is 6.45. The molecule has 0 bridgehead atoms. The quantitative estimate of drug-likeness (QED) is 0.880. The molecule has 0 radical (unpaired) electrons. The van der Waals surface area contributed by atoms with E-state index >= 15 is 0 Å². The van der Waals surface area contributed by atoms with E-state index in [4.69, 9.17) is 5.73 Å². The maximum Gasteiger partial charge on any atom is 0.229 e. The first kappa shape index (κ1) is 14.2. The molecule has 20 heavy (non-hydrogen) atoms. The van der Waals surface area contributed by atoms with Crippen LogP contribution in [0.15, 0.2) is 30.3 Å². The Kier molecular flexibility index (Phi) is 4.47. The Hall–Kier alpha value is -2.21. The number of aromatic nitrogens is 3. The van der Waals surface area contributed by atoms with Gasteiger partial charge in [0.25, 0.3) is 0 Å². The van der Waals surface area contributed by atoms with E-state index in [-0.39, 0.29) is 5.95 Å². The van der Waals surface area contributed by atoms with Gasteiger partial charge in [0, 0.05) is 20.6 Å². The predicted molar refractivity (Wildman–Crippen MR) is 80.2 cm³/mol. The third-order valence-electron chi connectivity index (χ3n) is 2.79. The third-order valence-corrected chi connectivity index (χ3v) is 2.79. The fraction of sp³-hybridized carbons (Fsp3) is 0.357. The van der Waals surface area contributed by atoms with Crippen LogP contribution in [0.1, 0.15) is 11.4 Å². The lowest BCUT2D eigenvalue weighted by Crippen LogP contribution is -2.21. The van der Waals surface area contributed by atoms with Gasteiger partial charge in [0.1, 0.15) is 5.82 Å². The van der Waals surface area contributed by atoms with Gasteiger partial charge in [-0.25, -0.2) is 0 Å². The molecule has 0 amide bonds. The summed E-state index contributed by atoms with van der Waals surface area (Å²) in [7, 11) is 5.79. The maximum absolute atomic E-state index is 5.72. The second-order valence-corrected chi connectivity index (χ2v) is 4.96. The number of hydrogen-bond acceptors (Lipinski definition) is 6. The molecule has 0 saturated carbocycles. The summed E-state index contributed by atoms with van der Waals surface area (Å²) in [5, 5.41) is 0. The molecule has 2 N–H and O–H groups in total. The van der Waals surface area contributed by atoms with Crippen LogP contribution in [-0.4, -0.2) is 41.0 Å². The molecule has 1 aromatic heterocycles. The van der Waals surface area contributed by atoms with Gasteiger partial charge in [-0.1, -0.05) is 30.3 Å². The molecule has 2 aromatic rings. The van der Waals surface area contributed by atoms with Crippen LogP contribution in [0, 0.1) is 0 Å². The van der Waals surface area contributed by atoms with Crippen molar-refractivity contribution in [3.63, 3.8) is 0 Å². The Morgan fingerprint density at radius 3 is 2.30 bits per heavy atom. The highest BCUT2D eigenvalue weighted by Gasteiger charge is 2.09. The Bertz CT molecular complexity index is 555. The average molecular weight is 272 g/mol. The van der Waals surface area contributed by atoms with Crippen LogP contribution < -0.4 is 10.6 Å². The second kappa shape index (κ2) is 6.29. The molecule has 0 aliphatic heterocycles. The van der Waals surface area contributed by atoms with Gasteiger partial charge in [-0.2, -0.15) is 15.0 Å². The minimum Gasteiger partial charge on any atom is -0.368 e. The first-order chi connectivity index (χ1) is 9.54. The van der Waals surface area contributed by atoms with Gasteiger partial charge < -0.3 is 10.6 Å². The van der Waals surface area contributed by atoms with E-state index in [9.17, 15) is 0 Å². The summed E-state index contributed by atoms with van der Waals surface area (Å²) >= 11 is 0. The minimum atomic E-state index is 0.256. The number of nitrogen functional groups attached to an aromatic ring is 1. The predicted octanol–water partition coefficient (Wildman–Crippen LogP) is 1.15. The molecule has 0 aliphatic rings. The first-order valence-electron chi connectivity index (χ1n) is 6.45. The molecule has 106 valence electrons. The van der Waals surface area contributed by atoms with Crippen LogP contribution in [0.5, 0.6) is 0 Å². The molecule has 0 unspecified atom stereocenters. The van der Waals surface area contributed by atoms with Crippen molar-refractivity contribution in [1.82, 2.24) is 19.9 Å². The Morgan fingerprint density at radius 2 is 1.65 bits per heavy atom. The van der Waals surface area contributed by atoms with Crippen molar-refractivity contribution in [1.29, 1.82) is 0 Å². The normalized spacial score (nSPS) is 10.8. The number of rotatable bonds is 5. The SMILES string of the molecule is CN(Cc1ccccc1)Cc1nc(N)nc(N(C)C)n1. The highest BCUT2D eigenvalue weighted by Crippen LogP contribution is 2.09. The molecule has 2 rings (SSSR count). The van der Waals surface area contributed by atoms with Gasteiger partial charge in [0.15, 0.2) is 0 Å². The van der Waals surface area contributed by atoms with Crippen LogP contribution in [0.2, 0.25) is 0 Å². The van der Waals surface area contributed by atoms with Crippen molar-refractivity contribution >= 4 is 11.9 Å². The zero-order valence-electron chi connectivity index (χ0n) is 12.1. The number of anilines is 2. The van der Waals surface area contributed by atoms with Crippen LogP contribution >= 0.6 is 0 Å². The topological polar surface area (TPSA) is 71.2 Å². The highest BCUT2D eigenvalue weighted by atomic mass is 15.3. The molecule has 0 saturated heterocycles. The van der Waals surface area contributed by atoms with E-state index < -0.39 is 0 Å². The van der Waals surface area contributed by atoms with E-state index in [1.54, 1.807) is 0 Å². The molecular weight excluding hydrogens is 252 g/mol. The number of nitrogens with zero attached hydrogens (tertiary/aromatic N) is 5. The molecule has 0 spiro atoms. The monoisotopic (exact) mass is 272 g/mol. The Morgan fingerprint density at radius 1 is 0.950 bits per heavy atom. The summed E-state index contributed by atoms with van der Waals surface area (Å²) in [5.74, 6) is 1.52. The lowest BCUT2D eigenvalue weighted by atomic mass is 10.2. The van der Waals surface area contributed by atoms with Gasteiger partial charge in [-0.3, -0.25) is 4.90 Å². The van der Waals surface area contributed by atoms with Gasteiger partial charge in [0.05, 0.1) is 6.54 Å². The summed E-state index contributed by atoms with van der Waals surface area (Å²) in [6, 6.07) is 10.3. The zero-order chi connectivity index (χ0) is 14.5. The molecule has 6 heteroatoms. The Balaban J connectivity index is 2.06. The number of benzene rings is 1. The maximum atomic E-state index is 5.72. The molecular formula is C14H20N6. The van der Waals surface area contributed by atoms with E-state index in [0.29, 0.717) is 18.3 Å². The number of nitrogens with two attached hydrogens (primary N) is 1. The van der Waals surface area contributed by atoms with Crippen LogP contribution in [0.4, 0.5) is 11.9 Å². The fourth-order valence-electron chi connectivity index (χ4n) is 1.89. The van der Waals surface area contributed by atoms with Crippen LogP contribution in [0.25, 0.3) is 0 Å². The van der Waals surface area contributed by atoms with E-state index in [0.717, 1.165) is 6.54 Å². The lowest BCUT2D eigenvalue weighted by molar-refractivity contribution is 0.310. The van der Waals surface area contributed by atoms with Crippen molar-refractivity contribution in [2.75, 3.05) is 31.8 Å². The largest absolute Gasteiger partial charge is 0.368 e. The smallest absolute Gasteiger partial charge is 0.229 e. The summed E-state index contributed by atoms with van der Waals surface area (Å²) in [6.07, 6.45) is 0. The summed E-state index contributed by atoms with van der Waals surface area (Å²) in [5.41, 5.74) is 6.97. The Labute approximate surface area is 119 Å². The van der Waals surface area contributed by atoms with Gasteiger partial charge in [0.2, 0.25) is 11.9 Å². The van der Waals surface area contributed by atoms with E-state index in [1.807, 2.05) is 44.2 Å². The zero-order valence-corrected chi connectivity index (χ0v) is 12.1. The van der Waals surface area contributed by atoms with Crippen molar-refractivity contribution in [2.24, 2.45) is 0 Å². The summed E-state index contributed by atoms with van der Waals surface area (Å²) in [6.45, 7) is 1.46. The summed E-state index contributed by atoms with van der Waals surface area (Å²) in [4.78, 5) is 16.6. The second-order valence-electron chi connectivity index (χ2n) is 4.96. The van der Waals surface area contributed by atoms with Crippen LogP contribution in [0.3, 0.4) is 0 Å². The van der Waals surface area contributed by atoms with Crippen molar-refractivity contribution in [3.05, 3.63) is 41.7 Å². The van der Waals surface area contributed by atoms with Gasteiger partial charge in [-0.05, 0) is 12.6 Å². The number of hydrogen-bond donors (Lipinski definition) is 1. The lowest BCUT2D eigenvalue weighted by Gasteiger charge is -2.17. The standard InChI is InChI=1S/C14H20N6/c1-19(2)14-17-12(16-13(15)18-14)10-20(3)9-11-7-5-4-6-8-11/h4-8H,9-10H2,1-3H3,(H2,15,16,17,18). The molecule has 0 fully saturated rings. The third kappa shape index (κ3) is 3.89. The minimum absolute atomic E-state index is 0.256. The summed E-state index contributed by atoms with van der Waals surface area (Å²) < 4.78 is 0.